The third kappa shape index (κ3) is 6.21. The maximum Gasteiger partial charge on any atom is 0.146 e. The van der Waals surface area contributed by atoms with E-state index in [1.165, 1.54) is 10.4 Å². The lowest BCUT2D eigenvalue weighted by molar-refractivity contribution is 0.483. The predicted molar refractivity (Wildman–Crippen MR) is 166 cm³/mol. The number of nitrogens with one attached hydrogen (secondary N) is 2. The van der Waals surface area contributed by atoms with E-state index in [1.54, 1.807) is 36.0 Å². The van der Waals surface area contributed by atoms with Gasteiger partial charge >= 0.3 is 0 Å². The zero-order chi connectivity index (χ0) is 28.0. The molecule has 0 spiro atoms. The number of thiophene rings is 1. The fraction of sp³-hybridized carbons (Fsp3) is 0.0606. The van der Waals surface area contributed by atoms with Crippen LogP contribution >= 0.6 is 22.9 Å². The van der Waals surface area contributed by atoms with Crippen LogP contribution in [-0.4, -0.2) is 9.97 Å². The maximum atomic E-state index is 9.81. The highest BCUT2D eigenvalue weighted by Gasteiger charge is 2.13. The molecule has 2 N–H and O–H groups in total. The summed E-state index contributed by atoms with van der Waals surface area (Å²) in [5.41, 5.74) is 6.08. The first kappa shape index (κ1) is 26.5. The molecule has 6 nitrogen and oxygen atoms in total. The highest BCUT2D eigenvalue weighted by atomic mass is 35.5. The van der Waals surface area contributed by atoms with Crippen molar-refractivity contribution < 1.29 is 4.74 Å². The molecule has 6 rings (SSSR count). The van der Waals surface area contributed by atoms with Gasteiger partial charge in [0.15, 0.2) is 0 Å². The molecule has 0 radical (unpaired) electrons. The van der Waals surface area contributed by atoms with Crippen molar-refractivity contribution in [1.82, 2.24) is 15.3 Å². The average molecular weight is 574 g/mol. The van der Waals surface area contributed by atoms with Gasteiger partial charge in [0.25, 0.3) is 0 Å². The van der Waals surface area contributed by atoms with E-state index in [0.717, 1.165) is 40.8 Å². The molecule has 6 aromatic rings. The van der Waals surface area contributed by atoms with Gasteiger partial charge in [-0.1, -0.05) is 41.9 Å². The van der Waals surface area contributed by atoms with Crippen LogP contribution in [0.4, 0.5) is 11.4 Å². The summed E-state index contributed by atoms with van der Waals surface area (Å²) in [6.45, 7) is 1.58. The van der Waals surface area contributed by atoms with E-state index in [2.05, 4.69) is 50.2 Å². The molecule has 8 heteroatoms. The van der Waals surface area contributed by atoms with E-state index in [1.807, 2.05) is 60.7 Å². The maximum absolute atomic E-state index is 9.81. The molecule has 0 fully saturated rings. The summed E-state index contributed by atoms with van der Waals surface area (Å²) in [5, 5.41) is 20.2. The minimum Gasteiger partial charge on any atom is -0.456 e. The van der Waals surface area contributed by atoms with Crippen molar-refractivity contribution in [1.29, 1.82) is 5.26 Å². The minimum absolute atomic E-state index is 0.448. The van der Waals surface area contributed by atoms with Crippen molar-refractivity contribution in [2.75, 3.05) is 5.32 Å². The predicted octanol–water partition coefficient (Wildman–Crippen LogP) is 8.71. The van der Waals surface area contributed by atoms with Gasteiger partial charge in [-0.25, -0.2) is 0 Å². The van der Waals surface area contributed by atoms with Gasteiger partial charge in [0, 0.05) is 47.6 Å². The topological polar surface area (TPSA) is 82.9 Å². The molecule has 3 aromatic carbocycles. The van der Waals surface area contributed by atoms with Gasteiger partial charge < -0.3 is 15.4 Å². The number of ether oxygens (including phenoxy) is 1. The Morgan fingerprint density at radius 1 is 0.902 bits per heavy atom. The average Bonchev–Trinajstić information content (AvgIpc) is 3.48. The molecular formula is C33H24ClN5OS. The Hall–Kier alpha value is -4.74. The number of halogens is 1. The molecule has 0 unspecified atom stereocenters. The minimum atomic E-state index is 0.448. The van der Waals surface area contributed by atoms with Crippen molar-refractivity contribution in [2.45, 2.75) is 13.1 Å². The Morgan fingerprint density at radius 2 is 1.76 bits per heavy atom. The normalized spacial score (nSPS) is 10.8. The third-order valence-electron chi connectivity index (χ3n) is 6.53. The number of hydrogen-bond acceptors (Lipinski definition) is 7. The largest absolute Gasteiger partial charge is 0.456 e. The highest BCUT2D eigenvalue weighted by molar-refractivity contribution is 7.10. The smallest absolute Gasteiger partial charge is 0.146 e. The first-order valence-electron chi connectivity index (χ1n) is 13.0. The standard InChI is InChI=1S/C33H24ClN5OS/c34-30-16-26(7-9-32(30)40-27-4-2-1-3-5-27)39-33-25(17-35)19-38-31-15-23(6-8-29(31)33)24-14-28(41-21-24)20-37-18-22-10-12-36-13-11-22/h1-16,19,21,37H,18,20H2,(H,38,39). The fourth-order valence-electron chi connectivity index (χ4n) is 4.47. The van der Waals surface area contributed by atoms with Crippen molar-refractivity contribution in [3.8, 4) is 28.7 Å². The Labute approximate surface area is 246 Å². The van der Waals surface area contributed by atoms with Gasteiger partial charge in [0.2, 0.25) is 0 Å². The number of nitriles is 1. The molecule has 0 saturated heterocycles. The van der Waals surface area contributed by atoms with Crippen LogP contribution < -0.4 is 15.4 Å². The van der Waals surface area contributed by atoms with Gasteiger partial charge in [-0.3, -0.25) is 9.97 Å². The van der Waals surface area contributed by atoms with Crippen molar-refractivity contribution >= 4 is 45.2 Å². The fourth-order valence-corrected chi connectivity index (χ4v) is 5.55. The summed E-state index contributed by atoms with van der Waals surface area (Å²) in [5.74, 6) is 1.26. The number of rotatable bonds is 9. The van der Waals surface area contributed by atoms with Gasteiger partial charge in [0.05, 0.1) is 21.8 Å². The molecule has 0 bridgehead atoms. The summed E-state index contributed by atoms with van der Waals surface area (Å²) < 4.78 is 5.90. The van der Waals surface area contributed by atoms with Crippen LogP contribution in [0.15, 0.2) is 109 Å². The van der Waals surface area contributed by atoms with E-state index in [0.29, 0.717) is 27.8 Å². The first-order valence-corrected chi connectivity index (χ1v) is 14.2. The second-order valence-corrected chi connectivity index (χ2v) is 10.7. The number of anilines is 2. The van der Waals surface area contributed by atoms with Crippen LogP contribution in [0, 0.1) is 11.3 Å². The molecule has 0 aliphatic carbocycles. The number of hydrogen-bond donors (Lipinski definition) is 2. The zero-order valence-corrected chi connectivity index (χ0v) is 23.4. The van der Waals surface area contributed by atoms with Crippen LogP contribution in [0.25, 0.3) is 22.0 Å². The molecule has 0 aliphatic heterocycles. The number of aromatic nitrogens is 2. The van der Waals surface area contributed by atoms with E-state index < -0.39 is 0 Å². The lowest BCUT2D eigenvalue weighted by atomic mass is 10.0. The van der Waals surface area contributed by atoms with Crippen LogP contribution in [0.2, 0.25) is 5.02 Å². The molecule has 0 aliphatic rings. The Kier molecular flexibility index (Phi) is 7.88. The van der Waals surface area contributed by atoms with E-state index >= 15 is 0 Å². The molecule has 200 valence electrons. The first-order chi connectivity index (χ1) is 20.2. The van der Waals surface area contributed by atoms with Crippen LogP contribution in [0.5, 0.6) is 11.5 Å². The van der Waals surface area contributed by atoms with E-state index in [9.17, 15) is 5.26 Å². The van der Waals surface area contributed by atoms with E-state index in [-0.39, 0.29) is 0 Å². The zero-order valence-electron chi connectivity index (χ0n) is 21.8. The van der Waals surface area contributed by atoms with Crippen LogP contribution in [-0.2, 0) is 13.1 Å². The highest BCUT2D eigenvalue weighted by Crippen LogP contribution is 2.36. The van der Waals surface area contributed by atoms with Gasteiger partial charge in [-0.2, -0.15) is 5.26 Å². The number of fused-ring (bicyclic) bond motifs is 1. The summed E-state index contributed by atoms with van der Waals surface area (Å²) >= 11 is 8.27. The summed E-state index contributed by atoms with van der Waals surface area (Å²) in [6, 6.07) is 29.6. The van der Waals surface area contributed by atoms with Crippen molar-refractivity contribution in [3.05, 3.63) is 130 Å². The molecule has 0 saturated carbocycles. The number of benzene rings is 3. The third-order valence-corrected chi connectivity index (χ3v) is 7.76. The molecule has 0 amide bonds. The lowest BCUT2D eigenvalue weighted by Crippen LogP contribution is -2.11. The number of pyridine rings is 2. The lowest BCUT2D eigenvalue weighted by Gasteiger charge is -2.14. The molecular weight excluding hydrogens is 550 g/mol. The molecule has 41 heavy (non-hydrogen) atoms. The number of nitrogens with zero attached hydrogens (tertiary/aromatic N) is 3. The van der Waals surface area contributed by atoms with Gasteiger partial charge in [-0.05, 0) is 76.7 Å². The molecule has 3 aromatic heterocycles. The van der Waals surface area contributed by atoms with Crippen molar-refractivity contribution in [3.63, 3.8) is 0 Å². The summed E-state index contributed by atoms with van der Waals surface area (Å²) in [6.07, 6.45) is 5.22. The molecule has 3 heterocycles. The summed E-state index contributed by atoms with van der Waals surface area (Å²) in [7, 11) is 0. The Bertz CT molecular complexity index is 1850. The summed E-state index contributed by atoms with van der Waals surface area (Å²) in [4.78, 5) is 9.90. The quantitative estimate of drug-likeness (QED) is 0.180. The monoisotopic (exact) mass is 573 g/mol. The Morgan fingerprint density at radius 3 is 2.56 bits per heavy atom. The second kappa shape index (κ2) is 12.2. The van der Waals surface area contributed by atoms with Gasteiger partial charge in [-0.15, -0.1) is 11.3 Å². The molecule has 0 atom stereocenters. The van der Waals surface area contributed by atoms with Crippen molar-refractivity contribution in [2.24, 2.45) is 0 Å². The van der Waals surface area contributed by atoms with Gasteiger partial charge in [0.1, 0.15) is 17.6 Å². The van der Waals surface area contributed by atoms with Crippen LogP contribution in [0.3, 0.4) is 0 Å². The Balaban J connectivity index is 1.21. The second-order valence-electron chi connectivity index (χ2n) is 9.34. The van der Waals surface area contributed by atoms with E-state index in [4.69, 9.17) is 16.3 Å². The van der Waals surface area contributed by atoms with Crippen LogP contribution in [0.1, 0.15) is 16.0 Å². The SMILES string of the molecule is N#Cc1cnc2cc(-c3csc(CNCc4ccncc4)c3)ccc2c1Nc1ccc(Oc2ccccc2)c(Cl)c1. The number of para-hydroxylation sites is 1.